The van der Waals surface area contributed by atoms with Crippen LogP contribution < -0.4 is 15.8 Å². The predicted octanol–water partition coefficient (Wildman–Crippen LogP) is 5.13. The highest BCUT2D eigenvalue weighted by molar-refractivity contribution is 6.31. The SMILES string of the molecule is Cn1c(N2CC3=C(C2)C2=C(CC3)OCO2)nc2c(C(Nc3ccccc3C(=O)O)C(F)(F)F)cc(Cl)cc2c1=O. The van der Waals surface area contributed by atoms with Crippen LogP contribution in [0.3, 0.4) is 0 Å². The Hall–Kier alpha value is -4.19. The maximum atomic E-state index is 14.6. The first-order chi connectivity index (χ1) is 19.0. The zero-order valence-corrected chi connectivity index (χ0v) is 21.8. The molecule has 2 aliphatic heterocycles. The number of nitrogens with zero attached hydrogens (tertiary/aromatic N) is 3. The van der Waals surface area contributed by atoms with Crippen molar-refractivity contribution in [2.45, 2.75) is 25.1 Å². The third-order valence-corrected chi connectivity index (χ3v) is 7.52. The number of hydrogen-bond acceptors (Lipinski definition) is 7. The summed E-state index contributed by atoms with van der Waals surface area (Å²) in [7, 11) is 1.50. The standard InChI is InChI=1S/C27H22ClF3N4O5/c1-34-24(36)17-9-14(28)8-16(23(27(29,30)31)32-19-5-3-2-4-15(19)25(37)38)21(17)33-26(34)35-10-13-6-7-20-22(18(13)11-35)40-12-39-20/h2-5,8-9,23,32H,6-7,10-12H2,1H3,(H,37,38). The zero-order chi connectivity index (χ0) is 28.3. The van der Waals surface area contributed by atoms with Gasteiger partial charge in [0.25, 0.3) is 5.56 Å². The van der Waals surface area contributed by atoms with Crippen LogP contribution in [0.5, 0.6) is 0 Å². The largest absolute Gasteiger partial charge is 0.478 e. The number of fused-ring (bicyclic) bond motifs is 2. The number of allylic oxidation sites excluding steroid dienone is 1. The lowest BCUT2D eigenvalue weighted by Gasteiger charge is -2.26. The average molecular weight is 575 g/mol. The number of carboxylic acid groups (broad SMARTS) is 1. The van der Waals surface area contributed by atoms with Gasteiger partial charge in [-0.05, 0) is 36.3 Å². The van der Waals surface area contributed by atoms with E-state index in [0.29, 0.717) is 25.3 Å². The molecule has 3 aliphatic rings. The van der Waals surface area contributed by atoms with Crippen molar-refractivity contribution in [3.63, 3.8) is 0 Å². The Morgan fingerprint density at radius 3 is 2.70 bits per heavy atom. The van der Waals surface area contributed by atoms with E-state index < -0.39 is 29.3 Å². The van der Waals surface area contributed by atoms with E-state index in [-0.39, 0.29) is 39.9 Å². The van der Waals surface area contributed by atoms with Crippen LogP contribution in [0.25, 0.3) is 10.9 Å². The molecule has 0 radical (unpaired) electrons. The van der Waals surface area contributed by atoms with E-state index in [1.165, 1.54) is 41.9 Å². The quantitative estimate of drug-likeness (QED) is 0.432. The van der Waals surface area contributed by atoms with Crippen molar-refractivity contribution < 1.29 is 32.5 Å². The van der Waals surface area contributed by atoms with E-state index in [1.807, 2.05) is 4.90 Å². The number of para-hydroxylation sites is 1. The van der Waals surface area contributed by atoms with Gasteiger partial charge in [-0.15, -0.1) is 0 Å². The molecule has 3 heterocycles. The van der Waals surface area contributed by atoms with E-state index in [0.717, 1.165) is 29.4 Å². The molecule has 0 bridgehead atoms. The number of nitrogens with one attached hydrogen (secondary N) is 1. The maximum absolute atomic E-state index is 14.6. The molecule has 40 heavy (non-hydrogen) atoms. The molecular formula is C27H22ClF3N4O5. The number of rotatable bonds is 5. The minimum Gasteiger partial charge on any atom is -0.478 e. The molecule has 6 rings (SSSR count). The Bertz CT molecular complexity index is 1700. The lowest BCUT2D eigenvalue weighted by molar-refractivity contribution is -0.143. The molecule has 0 fully saturated rings. The second kappa shape index (κ2) is 9.47. The Balaban J connectivity index is 1.47. The Morgan fingerprint density at radius 2 is 1.95 bits per heavy atom. The van der Waals surface area contributed by atoms with Crippen molar-refractivity contribution in [2.75, 3.05) is 30.1 Å². The molecule has 1 aromatic heterocycles. The highest BCUT2D eigenvalue weighted by Gasteiger charge is 2.43. The zero-order valence-electron chi connectivity index (χ0n) is 21.0. The van der Waals surface area contributed by atoms with Crippen molar-refractivity contribution in [3.8, 4) is 0 Å². The lowest BCUT2D eigenvalue weighted by Crippen LogP contribution is -2.32. The number of alkyl halides is 3. The Morgan fingerprint density at radius 1 is 1.18 bits per heavy atom. The van der Waals surface area contributed by atoms with Crippen LogP contribution in [0.1, 0.15) is 34.8 Å². The fraction of sp³-hybridized carbons (Fsp3) is 0.296. The van der Waals surface area contributed by atoms with Crippen LogP contribution in [0, 0.1) is 0 Å². The van der Waals surface area contributed by atoms with Crippen LogP contribution in [0.4, 0.5) is 24.8 Å². The van der Waals surface area contributed by atoms with Gasteiger partial charge in [0.1, 0.15) is 5.76 Å². The summed E-state index contributed by atoms with van der Waals surface area (Å²) in [5.41, 5.74) is 0.293. The van der Waals surface area contributed by atoms with E-state index >= 15 is 0 Å². The molecule has 13 heteroatoms. The minimum absolute atomic E-state index is 0.0899. The van der Waals surface area contributed by atoms with Crippen molar-refractivity contribution in [2.24, 2.45) is 7.05 Å². The molecule has 3 aromatic rings. The fourth-order valence-corrected chi connectivity index (χ4v) is 5.67. The molecule has 0 spiro atoms. The van der Waals surface area contributed by atoms with Gasteiger partial charge in [0.05, 0.1) is 16.5 Å². The summed E-state index contributed by atoms with van der Waals surface area (Å²) in [4.78, 5) is 31.6. The number of hydrogen-bond donors (Lipinski definition) is 2. The highest BCUT2D eigenvalue weighted by atomic mass is 35.5. The second-order valence-electron chi connectivity index (χ2n) is 9.73. The molecule has 0 amide bonds. The van der Waals surface area contributed by atoms with Crippen molar-refractivity contribution in [3.05, 3.63) is 85.6 Å². The van der Waals surface area contributed by atoms with Crippen LogP contribution in [0.2, 0.25) is 5.02 Å². The smallest absolute Gasteiger partial charge is 0.412 e. The summed E-state index contributed by atoms with van der Waals surface area (Å²) in [6, 6.07) is 5.24. The van der Waals surface area contributed by atoms with E-state index in [9.17, 15) is 27.9 Å². The summed E-state index contributed by atoms with van der Waals surface area (Å²) in [5.74, 6) is 0.247. The molecule has 9 nitrogen and oxygen atoms in total. The highest BCUT2D eigenvalue weighted by Crippen LogP contribution is 2.42. The van der Waals surface area contributed by atoms with E-state index in [4.69, 9.17) is 21.1 Å². The van der Waals surface area contributed by atoms with Gasteiger partial charge in [-0.3, -0.25) is 9.36 Å². The van der Waals surface area contributed by atoms with Gasteiger partial charge in [0.2, 0.25) is 12.7 Å². The van der Waals surface area contributed by atoms with Gasteiger partial charge in [-0.2, -0.15) is 13.2 Å². The molecule has 1 atom stereocenters. The Labute approximate surface area is 230 Å². The number of aromatic nitrogens is 2. The molecular weight excluding hydrogens is 553 g/mol. The molecule has 0 saturated carbocycles. The van der Waals surface area contributed by atoms with Crippen molar-refractivity contribution >= 4 is 40.1 Å². The van der Waals surface area contributed by atoms with E-state index in [1.54, 1.807) is 0 Å². The predicted molar refractivity (Wildman–Crippen MR) is 140 cm³/mol. The van der Waals surface area contributed by atoms with Gasteiger partial charge in [0.15, 0.2) is 11.8 Å². The first-order valence-electron chi connectivity index (χ1n) is 12.3. The van der Waals surface area contributed by atoms with Crippen LogP contribution in [0.15, 0.2) is 63.9 Å². The monoisotopic (exact) mass is 574 g/mol. The van der Waals surface area contributed by atoms with Crippen LogP contribution in [-0.2, 0) is 16.5 Å². The maximum Gasteiger partial charge on any atom is 0.412 e. The normalized spacial score (nSPS) is 17.5. The topological polar surface area (TPSA) is 106 Å². The molecule has 2 aromatic carbocycles. The average Bonchev–Trinajstić information content (AvgIpc) is 3.55. The minimum atomic E-state index is -4.90. The fourth-order valence-electron chi connectivity index (χ4n) is 5.44. The summed E-state index contributed by atoms with van der Waals surface area (Å²) in [5, 5.41) is 11.6. The summed E-state index contributed by atoms with van der Waals surface area (Å²) >= 11 is 6.22. The third kappa shape index (κ3) is 4.32. The number of benzene rings is 2. The van der Waals surface area contributed by atoms with Gasteiger partial charge in [-0.1, -0.05) is 23.7 Å². The van der Waals surface area contributed by atoms with Crippen LogP contribution in [-0.4, -0.2) is 46.7 Å². The summed E-state index contributed by atoms with van der Waals surface area (Å²) in [6.07, 6.45) is -3.48. The number of aromatic carboxylic acids is 1. The van der Waals surface area contributed by atoms with E-state index in [2.05, 4.69) is 10.3 Å². The number of carbonyl (C=O) groups is 1. The lowest BCUT2D eigenvalue weighted by atomic mass is 9.97. The summed E-state index contributed by atoms with van der Waals surface area (Å²) < 4.78 is 56.2. The first kappa shape index (κ1) is 26.1. The van der Waals surface area contributed by atoms with Gasteiger partial charge in [0, 0.05) is 48.4 Å². The van der Waals surface area contributed by atoms with Gasteiger partial charge >= 0.3 is 12.1 Å². The molecule has 1 aliphatic carbocycles. The van der Waals surface area contributed by atoms with Crippen molar-refractivity contribution in [1.29, 1.82) is 0 Å². The molecule has 208 valence electrons. The Kier molecular flexibility index (Phi) is 6.17. The molecule has 0 saturated heterocycles. The first-order valence-corrected chi connectivity index (χ1v) is 12.7. The second-order valence-corrected chi connectivity index (χ2v) is 10.2. The number of halogens is 4. The third-order valence-electron chi connectivity index (χ3n) is 7.30. The van der Waals surface area contributed by atoms with Crippen LogP contribution >= 0.6 is 11.6 Å². The van der Waals surface area contributed by atoms with Crippen molar-refractivity contribution in [1.82, 2.24) is 9.55 Å². The molecule has 1 unspecified atom stereocenters. The molecule has 2 N–H and O–H groups in total. The number of carboxylic acids is 1. The number of anilines is 2. The summed E-state index contributed by atoms with van der Waals surface area (Å²) in [6.45, 7) is 0.908. The van der Waals surface area contributed by atoms with Gasteiger partial charge in [-0.25, -0.2) is 9.78 Å². The van der Waals surface area contributed by atoms with Gasteiger partial charge < -0.3 is 24.8 Å². The number of ether oxygens (including phenoxy) is 2.